The molecular weight excluding hydrogens is 488 g/mol. The Morgan fingerprint density at radius 3 is 2.45 bits per heavy atom. The van der Waals surface area contributed by atoms with E-state index in [2.05, 4.69) is 15.9 Å². The number of hydrogen-bond acceptors (Lipinski definition) is 6. The third-order valence-electron chi connectivity index (χ3n) is 6.99. The lowest BCUT2D eigenvalue weighted by Gasteiger charge is -2.40. The van der Waals surface area contributed by atoms with Crippen molar-refractivity contribution >= 4 is 27.7 Å². The van der Waals surface area contributed by atoms with Gasteiger partial charge in [0, 0.05) is 16.8 Å². The van der Waals surface area contributed by atoms with Crippen molar-refractivity contribution in [3.63, 3.8) is 0 Å². The molecule has 1 heterocycles. The molecule has 2 aromatic carbocycles. The largest absolute Gasteiger partial charge is 0.492 e. The van der Waals surface area contributed by atoms with Gasteiger partial charge in [-0.2, -0.15) is 0 Å². The number of halogens is 1. The van der Waals surface area contributed by atoms with Crippen LogP contribution in [-0.2, 0) is 29.4 Å². The van der Waals surface area contributed by atoms with Crippen LogP contribution in [0.5, 0.6) is 0 Å². The Labute approximate surface area is 200 Å². The average molecular weight is 511 g/mol. The topological polar surface area (TPSA) is 82.1 Å². The molecule has 3 aliphatic rings. The molecule has 170 valence electrons. The van der Waals surface area contributed by atoms with Crippen molar-refractivity contribution in [1.29, 1.82) is 0 Å². The van der Waals surface area contributed by atoms with Crippen molar-refractivity contribution in [1.82, 2.24) is 0 Å². The minimum Gasteiger partial charge on any atom is -0.492 e. The third-order valence-corrected chi connectivity index (χ3v) is 7.52. The molecule has 2 aliphatic carbocycles. The van der Waals surface area contributed by atoms with E-state index >= 15 is 0 Å². The number of Topliss-reactive ketones (excluding diaryl/α,β-unsaturated/α-hetero) is 1. The number of ketones is 1. The summed E-state index contributed by atoms with van der Waals surface area (Å²) in [7, 11) is 2.75. The number of methoxy groups -OCH3 is 2. The number of esters is 1. The monoisotopic (exact) mass is 510 g/mol. The molecule has 4 atom stereocenters. The van der Waals surface area contributed by atoms with Gasteiger partial charge in [-0.1, -0.05) is 58.4 Å². The van der Waals surface area contributed by atoms with Gasteiger partial charge in [0.05, 0.1) is 25.7 Å². The highest BCUT2D eigenvalue weighted by atomic mass is 79.9. The number of allylic oxidation sites excluding steroid dienone is 2. The van der Waals surface area contributed by atoms with Gasteiger partial charge in [0.2, 0.25) is 5.78 Å². The Morgan fingerprint density at radius 1 is 1.12 bits per heavy atom. The summed E-state index contributed by atoms with van der Waals surface area (Å²) in [4.78, 5) is 25.8. The summed E-state index contributed by atoms with van der Waals surface area (Å²) in [5.74, 6) is -1.48. The number of hydrogen-bond donors (Lipinski definition) is 1. The third kappa shape index (κ3) is 2.95. The molecule has 6 nitrogen and oxygen atoms in total. The van der Waals surface area contributed by atoms with Crippen molar-refractivity contribution in [3.8, 4) is 0 Å². The Kier molecular flexibility index (Phi) is 5.21. The smallest absolute Gasteiger partial charge is 0.309 e. The van der Waals surface area contributed by atoms with E-state index in [1.165, 1.54) is 14.2 Å². The van der Waals surface area contributed by atoms with Gasteiger partial charge in [0.15, 0.2) is 11.4 Å². The van der Waals surface area contributed by atoms with Crippen molar-refractivity contribution < 1.29 is 28.9 Å². The fourth-order valence-corrected chi connectivity index (χ4v) is 6.01. The maximum absolute atomic E-state index is 13.0. The minimum atomic E-state index is -1.70. The molecule has 1 aliphatic heterocycles. The number of carbonyl (C=O) groups excluding carboxylic acids is 2. The normalized spacial score (nSPS) is 30.3. The van der Waals surface area contributed by atoms with Crippen molar-refractivity contribution in [2.24, 2.45) is 5.92 Å². The summed E-state index contributed by atoms with van der Waals surface area (Å²) in [6.07, 6.45) is 1.82. The Morgan fingerprint density at radius 2 is 1.82 bits per heavy atom. The highest BCUT2D eigenvalue weighted by molar-refractivity contribution is 9.10. The van der Waals surface area contributed by atoms with Gasteiger partial charge in [-0.05, 0) is 35.8 Å². The standard InChI is InChI=1S/C26H23BrO6/c1-31-23-19(28)12-13-20-22(23)25(30)14-18(24(29)32-2)21(15-6-4-3-5-7-15)26(25,33-20)16-8-10-17(27)11-9-16/h3-11,13,18,21,30H,12,14H2,1-2H3. The second-order valence-corrected chi connectivity index (χ2v) is 9.45. The second-order valence-electron chi connectivity index (χ2n) is 8.53. The minimum absolute atomic E-state index is 0.0160. The molecule has 0 spiro atoms. The summed E-state index contributed by atoms with van der Waals surface area (Å²) in [6.45, 7) is 0. The number of aliphatic hydroxyl groups is 1. The van der Waals surface area contributed by atoms with E-state index in [0.717, 1.165) is 10.0 Å². The summed E-state index contributed by atoms with van der Waals surface area (Å²) < 4.78 is 18.2. The van der Waals surface area contributed by atoms with E-state index in [1.54, 1.807) is 6.08 Å². The molecule has 1 saturated carbocycles. The van der Waals surface area contributed by atoms with Crippen LogP contribution in [0.1, 0.15) is 29.9 Å². The van der Waals surface area contributed by atoms with E-state index in [0.29, 0.717) is 16.9 Å². The Bertz CT molecular complexity index is 1190. The van der Waals surface area contributed by atoms with E-state index in [9.17, 15) is 14.7 Å². The molecule has 2 aromatic rings. The van der Waals surface area contributed by atoms with E-state index in [1.807, 2.05) is 54.6 Å². The number of benzene rings is 2. The van der Waals surface area contributed by atoms with Crippen LogP contribution in [-0.4, -0.2) is 36.7 Å². The van der Waals surface area contributed by atoms with Crippen LogP contribution >= 0.6 is 15.9 Å². The Balaban J connectivity index is 1.86. The SMILES string of the molecule is COC(=O)C1CC2(O)C3=C(OC)C(=O)CC=C3OC2(c2ccc(Br)cc2)C1c1ccccc1. The highest BCUT2D eigenvalue weighted by Crippen LogP contribution is 2.68. The zero-order valence-electron chi connectivity index (χ0n) is 18.2. The number of fused-ring (bicyclic) bond motifs is 3. The van der Waals surface area contributed by atoms with E-state index < -0.39 is 29.0 Å². The first-order valence-corrected chi connectivity index (χ1v) is 11.5. The lowest BCUT2D eigenvalue weighted by Crippen LogP contribution is -2.48. The first-order valence-electron chi connectivity index (χ1n) is 10.7. The van der Waals surface area contributed by atoms with Crippen LogP contribution in [0.4, 0.5) is 0 Å². The van der Waals surface area contributed by atoms with Gasteiger partial charge in [-0.15, -0.1) is 0 Å². The lowest BCUT2D eigenvalue weighted by atomic mass is 9.70. The first-order chi connectivity index (χ1) is 15.9. The Hall–Kier alpha value is -2.90. The maximum Gasteiger partial charge on any atom is 0.309 e. The molecular formula is C26H23BrO6. The predicted molar refractivity (Wildman–Crippen MR) is 123 cm³/mol. The molecule has 4 unspecified atom stereocenters. The fraction of sp³-hybridized carbons (Fsp3) is 0.308. The molecule has 0 bridgehead atoms. The molecule has 33 heavy (non-hydrogen) atoms. The van der Waals surface area contributed by atoms with Gasteiger partial charge >= 0.3 is 5.97 Å². The quantitative estimate of drug-likeness (QED) is 0.622. The van der Waals surface area contributed by atoms with Crippen molar-refractivity contribution in [3.05, 3.63) is 93.4 Å². The van der Waals surface area contributed by atoms with Gasteiger partial charge in [0.1, 0.15) is 11.4 Å². The molecule has 1 saturated heterocycles. The molecule has 1 N–H and O–H groups in total. The molecule has 0 amide bonds. The summed E-state index contributed by atoms with van der Waals surface area (Å²) in [6, 6.07) is 17.0. The number of ether oxygens (including phenoxy) is 3. The lowest BCUT2D eigenvalue weighted by molar-refractivity contribution is -0.147. The molecule has 2 fully saturated rings. The van der Waals surface area contributed by atoms with Crippen LogP contribution in [0.15, 0.2) is 82.2 Å². The summed E-state index contributed by atoms with van der Waals surface area (Å²) in [5.41, 5.74) is -1.25. The first kappa shape index (κ1) is 21.9. The second kappa shape index (κ2) is 7.85. The molecule has 0 radical (unpaired) electrons. The van der Waals surface area contributed by atoms with Crippen LogP contribution in [0.3, 0.4) is 0 Å². The van der Waals surface area contributed by atoms with Gasteiger partial charge < -0.3 is 19.3 Å². The van der Waals surface area contributed by atoms with Crippen LogP contribution in [0.25, 0.3) is 0 Å². The fourth-order valence-electron chi connectivity index (χ4n) is 5.74. The van der Waals surface area contributed by atoms with E-state index in [4.69, 9.17) is 14.2 Å². The zero-order valence-corrected chi connectivity index (χ0v) is 19.8. The van der Waals surface area contributed by atoms with Crippen molar-refractivity contribution in [2.45, 2.75) is 30.0 Å². The van der Waals surface area contributed by atoms with Crippen LogP contribution in [0, 0.1) is 5.92 Å². The predicted octanol–water partition coefficient (Wildman–Crippen LogP) is 4.14. The zero-order chi connectivity index (χ0) is 23.4. The van der Waals surface area contributed by atoms with E-state index in [-0.39, 0.29) is 24.4 Å². The number of carbonyl (C=O) groups is 2. The summed E-state index contributed by atoms with van der Waals surface area (Å²) >= 11 is 3.47. The van der Waals surface area contributed by atoms with Crippen LogP contribution < -0.4 is 0 Å². The average Bonchev–Trinajstić information content (AvgIpc) is 3.24. The summed E-state index contributed by atoms with van der Waals surface area (Å²) in [5, 5.41) is 12.5. The van der Waals surface area contributed by atoms with Gasteiger partial charge in [-0.3, -0.25) is 9.59 Å². The van der Waals surface area contributed by atoms with Crippen molar-refractivity contribution in [2.75, 3.05) is 14.2 Å². The van der Waals surface area contributed by atoms with Gasteiger partial charge in [-0.25, -0.2) is 0 Å². The molecule has 0 aromatic heterocycles. The molecule has 7 heteroatoms. The highest BCUT2D eigenvalue weighted by Gasteiger charge is 2.75. The van der Waals surface area contributed by atoms with Gasteiger partial charge in [0.25, 0.3) is 0 Å². The van der Waals surface area contributed by atoms with Crippen LogP contribution in [0.2, 0.25) is 0 Å². The number of rotatable bonds is 4. The maximum atomic E-state index is 13.0. The molecule has 5 rings (SSSR count).